The van der Waals surface area contributed by atoms with Crippen LogP contribution in [0.25, 0.3) is 0 Å². The Bertz CT molecular complexity index is 541. The van der Waals surface area contributed by atoms with Crippen LogP contribution in [0.2, 0.25) is 0 Å². The Hall–Kier alpha value is -1.66. The lowest BCUT2D eigenvalue weighted by Gasteiger charge is -2.12. The SMILES string of the molecule is O=C(Cc1cccc(C(F)(F)F)c1)NCC1CCC(F)(F)C1. The van der Waals surface area contributed by atoms with E-state index in [1.165, 1.54) is 12.1 Å². The lowest BCUT2D eigenvalue weighted by atomic mass is 10.1. The minimum Gasteiger partial charge on any atom is -0.356 e. The lowest BCUT2D eigenvalue weighted by Crippen LogP contribution is -2.30. The zero-order valence-corrected chi connectivity index (χ0v) is 11.7. The molecule has 0 radical (unpaired) electrons. The van der Waals surface area contributed by atoms with Gasteiger partial charge in [0.15, 0.2) is 0 Å². The van der Waals surface area contributed by atoms with Gasteiger partial charge in [0.25, 0.3) is 0 Å². The van der Waals surface area contributed by atoms with Crippen molar-refractivity contribution < 1.29 is 26.7 Å². The van der Waals surface area contributed by atoms with Gasteiger partial charge in [-0.05, 0) is 24.0 Å². The molecule has 1 aromatic rings. The van der Waals surface area contributed by atoms with Crippen molar-refractivity contribution in [2.24, 2.45) is 5.92 Å². The van der Waals surface area contributed by atoms with Crippen molar-refractivity contribution in [1.82, 2.24) is 5.32 Å². The predicted octanol–water partition coefficient (Wildman–Crippen LogP) is 3.80. The second kappa shape index (κ2) is 6.22. The Morgan fingerprint density at radius 2 is 2.05 bits per heavy atom. The fourth-order valence-electron chi connectivity index (χ4n) is 2.58. The quantitative estimate of drug-likeness (QED) is 0.840. The van der Waals surface area contributed by atoms with Gasteiger partial charge in [-0.25, -0.2) is 8.78 Å². The molecule has 7 heteroatoms. The van der Waals surface area contributed by atoms with Crippen LogP contribution in [0, 0.1) is 5.92 Å². The van der Waals surface area contributed by atoms with Gasteiger partial charge in [0.2, 0.25) is 11.8 Å². The number of hydrogen-bond acceptors (Lipinski definition) is 1. The molecular formula is C15H16F5NO. The Morgan fingerprint density at radius 1 is 1.32 bits per heavy atom. The maximum Gasteiger partial charge on any atom is 0.416 e. The number of alkyl halides is 5. The molecule has 1 aliphatic rings. The Morgan fingerprint density at radius 3 is 2.64 bits per heavy atom. The van der Waals surface area contributed by atoms with E-state index in [1.807, 2.05) is 0 Å². The fraction of sp³-hybridized carbons (Fsp3) is 0.533. The fourth-order valence-corrected chi connectivity index (χ4v) is 2.58. The third-order valence-electron chi connectivity index (χ3n) is 3.71. The Kier molecular flexibility index (Phi) is 4.72. The minimum absolute atomic E-state index is 0.132. The average Bonchev–Trinajstić information content (AvgIpc) is 2.75. The van der Waals surface area contributed by atoms with E-state index < -0.39 is 23.6 Å². The van der Waals surface area contributed by atoms with Crippen LogP contribution in [0.3, 0.4) is 0 Å². The third kappa shape index (κ3) is 4.68. The Balaban J connectivity index is 1.85. The van der Waals surface area contributed by atoms with Crippen molar-refractivity contribution in [2.45, 2.75) is 37.8 Å². The molecule has 0 spiro atoms. The minimum atomic E-state index is -4.46. The van der Waals surface area contributed by atoms with E-state index in [2.05, 4.69) is 5.32 Å². The van der Waals surface area contributed by atoms with Gasteiger partial charge < -0.3 is 5.32 Å². The average molecular weight is 321 g/mol. The summed E-state index contributed by atoms with van der Waals surface area (Å²) in [4.78, 5) is 11.7. The first-order valence-corrected chi connectivity index (χ1v) is 6.96. The predicted molar refractivity (Wildman–Crippen MR) is 70.4 cm³/mol. The summed E-state index contributed by atoms with van der Waals surface area (Å²) in [6.45, 7) is 0.132. The molecule has 0 aliphatic heterocycles. The molecule has 2 rings (SSSR count). The molecule has 22 heavy (non-hydrogen) atoms. The third-order valence-corrected chi connectivity index (χ3v) is 3.71. The van der Waals surface area contributed by atoms with E-state index in [0.29, 0.717) is 6.42 Å². The highest BCUT2D eigenvalue weighted by Crippen LogP contribution is 2.38. The van der Waals surface area contributed by atoms with E-state index in [4.69, 9.17) is 0 Å². The molecule has 1 atom stereocenters. The Labute approximate surface area is 124 Å². The van der Waals surface area contributed by atoms with E-state index in [9.17, 15) is 26.7 Å². The van der Waals surface area contributed by atoms with E-state index in [0.717, 1.165) is 12.1 Å². The smallest absolute Gasteiger partial charge is 0.356 e. The molecule has 1 aromatic carbocycles. The van der Waals surface area contributed by atoms with E-state index in [-0.39, 0.29) is 37.3 Å². The summed E-state index contributed by atoms with van der Waals surface area (Å²) >= 11 is 0. The standard InChI is InChI=1S/C15H16F5NO/c16-14(17)5-4-11(8-14)9-21-13(22)7-10-2-1-3-12(6-10)15(18,19)20/h1-3,6,11H,4-5,7-9H2,(H,21,22). The number of benzene rings is 1. The van der Waals surface area contributed by atoms with Gasteiger partial charge in [0.1, 0.15) is 0 Å². The zero-order chi connectivity index (χ0) is 16.4. The molecular weight excluding hydrogens is 305 g/mol. The van der Waals surface area contributed by atoms with Gasteiger partial charge in [-0.15, -0.1) is 0 Å². The number of hydrogen-bond donors (Lipinski definition) is 1. The second-order valence-electron chi connectivity index (χ2n) is 5.64. The monoisotopic (exact) mass is 321 g/mol. The molecule has 1 saturated carbocycles. The van der Waals surface area contributed by atoms with Crippen LogP contribution in [0.5, 0.6) is 0 Å². The number of nitrogens with one attached hydrogen (secondary N) is 1. The molecule has 0 bridgehead atoms. The van der Waals surface area contributed by atoms with Crippen molar-refractivity contribution in [2.75, 3.05) is 6.54 Å². The highest BCUT2D eigenvalue weighted by atomic mass is 19.4. The number of halogens is 5. The first-order chi connectivity index (χ1) is 10.2. The second-order valence-corrected chi connectivity index (χ2v) is 5.64. The summed E-state index contributed by atoms with van der Waals surface area (Å²) in [5.74, 6) is -3.41. The molecule has 2 nitrogen and oxygen atoms in total. The number of amides is 1. The largest absolute Gasteiger partial charge is 0.416 e. The van der Waals surface area contributed by atoms with Gasteiger partial charge in [-0.3, -0.25) is 4.79 Å². The zero-order valence-electron chi connectivity index (χ0n) is 11.7. The topological polar surface area (TPSA) is 29.1 Å². The molecule has 1 N–H and O–H groups in total. The maximum absolute atomic E-state index is 13.0. The molecule has 1 fully saturated rings. The van der Waals surface area contributed by atoms with Crippen molar-refractivity contribution in [3.05, 3.63) is 35.4 Å². The first-order valence-electron chi connectivity index (χ1n) is 6.96. The molecule has 122 valence electrons. The summed E-state index contributed by atoms with van der Waals surface area (Å²) in [7, 11) is 0. The molecule has 1 unspecified atom stereocenters. The number of rotatable bonds is 4. The van der Waals surface area contributed by atoms with Crippen LogP contribution in [-0.4, -0.2) is 18.4 Å². The van der Waals surface area contributed by atoms with Gasteiger partial charge in [-0.1, -0.05) is 18.2 Å². The number of carbonyl (C=O) groups is 1. The van der Waals surface area contributed by atoms with Crippen LogP contribution in [0.1, 0.15) is 30.4 Å². The molecule has 0 aromatic heterocycles. The van der Waals surface area contributed by atoms with Crippen LogP contribution in [0.15, 0.2) is 24.3 Å². The summed E-state index contributed by atoms with van der Waals surface area (Å²) in [6.07, 6.45) is -4.75. The van der Waals surface area contributed by atoms with Gasteiger partial charge >= 0.3 is 6.18 Å². The van der Waals surface area contributed by atoms with Crippen molar-refractivity contribution in [1.29, 1.82) is 0 Å². The van der Waals surface area contributed by atoms with E-state index in [1.54, 1.807) is 0 Å². The summed E-state index contributed by atoms with van der Waals surface area (Å²) in [5.41, 5.74) is -0.572. The van der Waals surface area contributed by atoms with Crippen LogP contribution in [0.4, 0.5) is 22.0 Å². The van der Waals surface area contributed by atoms with E-state index >= 15 is 0 Å². The van der Waals surface area contributed by atoms with Crippen LogP contribution >= 0.6 is 0 Å². The maximum atomic E-state index is 13.0. The normalized spacial score (nSPS) is 20.9. The van der Waals surface area contributed by atoms with Gasteiger partial charge in [0.05, 0.1) is 12.0 Å². The van der Waals surface area contributed by atoms with Crippen LogP contribution in [-0.2, 0) is 17.4 Å². The van der Waals surface area contributed by atoms with Gasteiger partial charge in [0, 0.05) is 19.4 Å². The van der Waals surface area contributed by atoms with Crippen molar-refractivity contribution >= 4 is 5.91 Å². The van der Waals surface area contributed by atoms with Crippen molar-refractivity contribution in [3.8, 4) is 0 Å². The van der Waals surface area contributed by atoms with Crippen LogP contribution < -0.4 is 5.32 Å². The molecule has 0 saturated heterocycles. The van der Waals surface area contributed by atoms with Gasteiger partial charge in [-0.2, -0.15) is 13.2 Å². The first kappa shape index (κ1) is 16.7. The molecule has 1 amide bonds. The number of carbonyl (C=O) groups excluding carboxylic acids is 1. The van der Waals surface area contributed by atoms with Crippen molar-refractivity contribution in [3.63, 3.8) is 0 Å². The lowest BCUT2D eigenvalue weighted by molar-refractivity contribution is -0.137. The summed E-state index contributed by atoms with van der Waals surface area (Å²) < 4.78 is 63.7. The summed E-state index contributed by atoms with van der Waals surface area (Å²) in [5, 5.41) is 2.52. The molecule has 1 aliphatic carbocycles. The highest BCUT2D eigenvalue weighted by molar-refractivity contribution is 5.78. The molecule has 0 heterocycles. The summed E-state index contributed by atoms with van der Waals surface area (Å²) in [6, 6.07) is 4.52. The highest BCUT2D eigenvalue weighted by Gasteiger charge is 2.39.